The number of benzene rings is 1. The summed E-state index contributed by atoms with van der Waals surface area (Å²) in [7, 11) is 0. The summed E-state index contributed by atoms with van der Waals surface area (Å²) in [5.41, 5.74) is 1.19. The van der Waals surface area contributed by atoms with E-state index in [1.807, 2.05) is 25.1 Å². The number of halogens is 1. The molecule has 122 valence electrons. The Labute approximate surface area is 144 Å². The molecule has 3 rings (SSSR count). The van der Waals surface area contributed by atoms with Gasteiger partial charge in [0.25, 0.3) is 0 Å². The van der Waals surface area contributed by atoms with Gasteiger partial charge >= 0.3 is 6.03 Å². The van der Waals surface area contributed by atoms with Gasteiger partial charge < -0.3 is 9.73 Å². The van der Waals surface area contributed by atoms with Crippen molar-refractivity contribution in [3.63, 3.8) is 0 Å². The van der Waals surface area contributed by atoms with Gasteiger partial charge in [-0.25, -0.2) is 4.79 Å². The van der Waals surface area contributed by atoms with E-state index in [2.05, 4.69) is 10.3 Å². The molecule has 2 heterocycles. The lowest BCUT2D eigenvalue weighted by molar-refractivity contribution is 0.252. The first kappa shape index (κ1) is 16.1. The predicted octanol–water partition coefficient (Wildman–Crippen LogP) is 4.48. The molecule has 0 unspecified atom stereocenters. The SMILES string of the molecule is C[C@@H](N=c1ccccn1C(=O)Nc1ccc(Cl)cc1)c1ccco1. The summed E-state index contributed by atoms with van der Waals surface area (Å²) >= 11 is 5.85. The number of rotatable bonds is 3. The molecule has 24 heavy (non-hydrogen) atoms. The monoisotopic (exact) mass is 341 g/mol. The number of aromatic nitrogens is 1. The molecule has 0 aliphatic carbocycles. The largest absolute Gasteiger partial charge is 0.467 e. The first-order valence-electron chi connectivity index (χ1n) is 7.45. The van der Waals surface area contributed by atoms with Gasteiger partial charge in [-0.1, -0.05) is 17.7 Å². The fourth-order valence-corrected chi connectivity index (χ4v) is 2.34. The number of hydrogen-bond donors (Lipinski definition) is 1. The molecule has 0 bridgehead atoms. The van der Waals surface area contributed by atoms with Crippen molar-refractivity contribution in [2.45, 2.75) is 13.0 Å². The van der Waals surface area contributed by atoms with Crippen molar-refractivity contribution in [3.05, 3.63) is 83.3 Å². The van der Waals surface area contributed by atoms with Gasteiger partial charge in [-0.3, -0.25) is 9.56 Å². The minimum absolute atomic E-state index is 0.197. The summed E-state index contributed by atoms with van der Waals surface area (Å²) in [4.78, 5) is 17.1. The van der Waals surface area contributed by atoms with Crippen LogP contribution in [-0.4, -0.2) is 10.6 Å². The highest BCUT2D eigenvalue weighted by molar-refractivity contribution is 6.30. The molecule has 0 radical (unpaired) electrons. The molecule has 1 atom stereocenters. The summed E-state index contributed by atoms with van der Waals surface area (Å²) < 4.78 is 6.81. The molecule has 1 N–H and O–H groups in total. The Hall–Kier alpha value is -2.79. The number of nitrogens with zero attached hydrogens (tertiary/aromatic N) is 2. The van der Waals surface area contributed by atoms with Crippen molar-refractivity contribution in [1.82, 2.24) is 4.57 Å². The first-order valence-corrected chi connectivity index (χ1v) is 7.83. The lowest BCUT2D eigenvalue weighted by Crippen LogP contribution is -2.31. The average molecular weight is 342 g/mol. The van der Waals surface area contributed by atoms with Crippen LogP contribution in [0, 0.1) is 0 Å². The molecule has 0 spiro atoms. The molecule has 1 amide bonds. The molecular formula is C18H16ClN3O2. The van der Waals surface area contributed by atoms with Crippen LogP contribution in [0.2, 0.25) is 5.02 Å². The van der Waals surface area contributed by atoms with E-state index in [-0.39, 0.29) is 12.1 Å². The molecular weight excluding hydrogens is 326 g/mol. The smallest absolute Gasteiger partial charge is 0.331 e. The number of pyridine rings is 1. The van der Waals surface area contributed by atoms with Crippen LogP contribution in [0.3, 0.4) is 0 Å². The Morgan fingerprint density at radius 3 is 2.67 bits per heavy atom. The molecule has 5 nitrogen and oxygen atoms in total. The molecule has 3 aromatic rings. The van der Waals surface area contributed by atoms with Gasteiger partial charge in [0.1, 0.15) is 17.3 Å². The van der Waals surface area contributed by atoms with Crippen LogP contribution in [-0.2, 0) is 0 Å². The summed E-state index contributed by atoms with van der Waals surface area (Å²) in [6.07, 6.45) is 3.27. The molecule has 6 heteroatoms. The summed E-state index contributed by atoms with van der Waals surface area (Å²) in [6.45, 7) is 1.91. The second kappa shape index (κ2) is 7.19. The molecule has 0 aliphatic heterocycles. The number of anilines is 1. The third-order valence-electron chi connectivity index (χ3n) is 3.43. The highest BCUT2D eigenvalue weighted by Gasteiger charge is 2.09. The van der Waals surface area contributed by atoms with Crippen LogP contribution in [0.1, 0.15) is 18.7 Å². The molecule has 1 aromatic carbocycles. The van der Waals surface area contributed by atoms with Crippen LogP contribution in [0.5, 0.6) is 0 Å². The summed E-state index contributed by atoms with van der Waals surface area (Å²) in [5, 5.41) is 3.43. The topological polar surface area (TPSA) is 59.5 Å². The van der Waals surface area contributed by atoms with Gasteiger partial charge in [0.05, 0.1) is 6.26 Å². The zero-order chi connectivity index (χ0) is 16.9. The molecule has 2 aromatic heterocycles. The normalized spacial score (nSPS) is 12.8. The molecule has 0 saturated heterocycles. The first-order chi connectivity index (χ1) is 11.6. The van der Waals surface area contributed by atoms with Crippen LogP contribution in [0.15, 0.2) is 76.5 Å². The van der Waals surface area contributed by atoms with Gasteiger partial charge in [-0.15, -0.1) is 0 Å². The minimum atomic E-state index is -0.302. The third-order valence-corrected chi connectivity index (χ3v) is 3.69. The lowest BCUT2D eigenvalue weighted by atomic mass is 10.3. The summed E-state index contributed by atoms with van der Waals surface area (Å²) in [6, 6.07) is 15.5. The molecule has 0 fully saturated rings. The maximum atomic E-state index is 12.5. The zero-order valence-electron chi connectivity index (χ0n) is 13.0. The van der Waals surface area contributed by atoms with Gasteiger partial charge in [-0.05, 0) is 55.5 Å². The number of carbonyl (C=O) groups excluding carboxylic acids is 1. The Kier molecular flexibility index (Phi) is 4.82. The Morgan fingerprint density at radius 2 is 1.96 bits per heavy atom. The second-order valence-corrected chi connectivity index (χ2v) is 5.62. The van der Waals surface area contributed by atoms with E-state index in [0.29, 0.717) is 16.2 Å². The fraction of sp³-hybridized carbons (Fsp3) is 0.111. The maximum Gasteiger partial charge on any atom is 0.331 e. The van der Waals surface area contributed by atoms with Crippen LogP contribution >= 0.6 is 11.6 Å². The maximum absolute atomic E-state index is 12.5. The van der Waals surface area contributed by atoms with Crippen LogP contribution in [0.25, 0.3) is 0 Å². The Bertz CT molecular complexity index is 883. The van der Waals surface area contributed by atoms with Crippen molar-refractivity contribution < 1.29 is 9.21 Å². The number of carbonyl (C=O) groups is 1. The summed E-state index contributed by atoms with van der Waals surface area (Å²) in [5.74, 6) is 0.739. The lowest BCUT2D eigenvalue weighted by Gasteiger charge is -2.09. The van der Waals surface area contributed by atoms with Gasteiger partial charge in [-0.2, -0.15) is 0 Å². The van der Waals surface area contributed by atoms with Gasteiger partial charge in [0.2, 0.25) is 0 Å². The van der Waals surface area contributed by atoms with Crippen molar-refractivity contribution in [1.29, 1.82) is 0 Å². The standard InChI is InChI=1S/C18H16ClN3O2/c1-13(16-5-4-12-24-16)20-17-6-2-3-11-22(17)18(23)21-15-9-7-14(19)8-10-15/h2-13H,1H3,(H,21,23)/t13-/m1/s1. The van der Waals surface area contributed by atoms with Crippen LogP contribution < -0.4 is 10.8 Å². The van der Waals surface area contributed by atoms with Gasteiger partial charge in [0.15, 0.2) is 0 Å². The van der Waals surface area contributed by atoms with Crippen molar-refractivity contribution in [2.75, 3.05) is 5.32 Å². The number of amides is 1. The Balaban J connectivity index is 1.88. The zero-order valence-corrected chi connectivity index (χ0v) is 13.8. The van der Waals surface area contributed by atoms with E-state index in [9.17, 15) is 4.79 Å². The van der Waals surface area contributed by atoms with Crippen LogP contribution in [0.4, 0.5) is 10.5 Å². The fourth-order valence-electron chi connectivity index (χ4n) is 2.22. The van der Waals surface area contributed by atoms with E-state index in [1.165, 1.54) is 4.57 Å². The highest BCUT2D eigenvalue weighted by atomic mass is 35.5. The van der Waals surface area contributed by atoms with Crippen molar-refractivity contribution in [3.8, 4) is 0 Å². The van der Waals surface area contributed by atoms with E-state index < -0.39 is 0 Å². The number of hydrogen-bond acceptors (Lipinski definition) is 3. The quantitative estimate of drug-likeness (QED) is 0.763. The van der Waals surface area contributed by atoms with E-state index >= 15 is 0 Å². The molecule has 0 aliphatic rings. The number of nitrogens with one attached hydrogen (secondary N) is 1. The van der Waals surface area contributed by atoms with Crippen molar-refractivity contribution >= 4 is 23.3 Å². The highest BCUT2D eigenvalue weighted by Crippen LogP contribution is 2.16. The van der Waals surface area contributed by atoms with E-state index in [4.69, 9.17) is 16.0 Å². The number of furan rings is 1. The third kappa shape index (κ3) is 3.75. The van der Waals surface area contributed by atoms with Gasteiger partial charge in [0, 0.05) is 16.9 Å². The minimum Gasteiger partial charge on any atom is -0.467 e. The molecule has 0 saturated carbocycles. The Morgan fingerprint density at radius 1 is 1.17 bits per heavy atom. The van der Waals surface area contributed by atoms with E-state index in [0.717, 1.165) is 5.76 Å². The average Bonchev–Trinajstić information content (AvgIpc) is 3.12. The van der Waals surface area contributed by atoms with Crippen molar-refractivity contribution in [2.24, 2.45) is 4.99 Å². The van der Waals surface area contributed by atoms with E-state index in [1.54, 1.807) is 48.9 Å². The predicted molar refractivity (Wildman–Crippen MR) is 93.0 cm³/mol. The second-order valence-electron chi connectivity index (χ2n) is 5.19.